The molecule has 2 fully saturated rings. The average Bonchev–Trinajstić information content (AvgIpc) is 3.16. The number of carbonyl (C=O) groups excluding carboxylic acids is 2. The molecule has 24 heavy (non-hydrogen) atoms. The molecule has 124 valence electrons. The van der Waals surface area contributed by atoms with Crippen LogP contribution in [0.3, 0.4) is 0 Å². The van der Waals surface area contributed by atoms with Crippen molar-refractivity contribution in [2.24, 2.45) is 0 Å². The minimum Gasteiger partial charge on any atom is -0.376 e. The van der Waals surface area contributed by atoms with Crippen LogP contribution >= 0.6 is 0 Å². The van der Waals surface area contributed by atoms with Crippen LogP contribution in [0.5, 0.6) is 0 Å². The summed E-state index contributed by atoms with van der Waals surface area (Å²) < 4.78 is 1.85. The quantitative estimate of drug-likeness (QED) is 0.835. The van der Waals surface area contributed by atoms with Gasteiger partial charge in [-0.05, 0) is 35.4 Å². The van der Waals surface area contributed by atoms with Crippen molar-refractivity contribution in [3.8, 4) is 11.4 Å². The summed E-state index contributed by atoms with van der Waals surface area (Å²) in [5.74, 6) is 0.476. The van der Waals surface area contributed by atoms with E-state index in [9.17, 15) is 9.59 Å². The first-order valence-electron chi connectivity index (χ1n) is 7.93. The van der Waals surface area contributed by atoms with Gasteiger partial charge in [-0.3, -0.25) is 9.69 Å². The molecule has 1 aromatic heterocycles. The fourth-order valence-electron chi connectivity index (χ4n) is 2.70. The highest BCUT2D eigenvalue weighted by Crippen LogP contribution is 2.36. The van der Waals surface area contributed by atoms with E-state index >= 15 is 0 Å². The van der Waals surface area contributed by atoms with E-state index in [-0.39, 0.29) is 18.5 Å². The number of hydrogen-bond donors (Lipinski definition) is 2. The Labute approximate surface area is 138 Å². The van der Waals surface area contributed by atoms with E-state index in [0.29, 0.717) is 19.1 Å². The third-order valence-electron chi connectivity index (χ3n) is 4.11. The van der Waals surface area contributed by atoms with E-state index in [4.69, 9.17) is 0 Å². The Bertz CT molecular complexity index is 784. The molecule has 9 heteroatoms. The summed E-state index contributed by atoms with van der Waals surface area (Å²) in [6, 6.07) is 7.65. The smallest absolute Gasteiger partial charge is 0.324 e. The maximum Gasteiger partial charge on any atom is 0.324 e. The SMILES string of the molecule is O=C(CNc1cccc(-c2nnnn2C2CC2)c1)N1CCNC1=O. The Morgan fingerprint density at radius 2 is 2.25 bits per heavy atom. The van der Waals surface area contributed by atoms with Crippen LogP contribution < -0.4 is 10.6 Å². The van der Waals surface area contributed by atoms with E-state index in [0.717, 1.165) is 29.9 Å². The monoisotopic (exact) mass is 327 g/mol. The van der Waals surface area contributed by atoms with Gasteiger partial charge in [-0.15, -0.1) is 5.10 Å². The number of amides is 3. The van der Waals surface area contributed by atoms with Crippen molar-refractivity contribution >= 4 is 17.6 Å². The molecule has 2 heterocycles. The van der Waals surface area contributed by atoms with Gasteiger partial charge in [0.2, 0.25) is 5.91 Å². The van der Waals surface area contributed by atoms with Gasteiger partial charge in [0.05, 0.1) is 12.6 Å². The zero-order valence-corrected chi connectivity index (χ0v) is 13.0. The van der Waals surface area contributed by atoms with E-state index in [2.05, 4.69) is 26.2 Å². The topological polar surface area (TPSA) is 105 Å². The fraction of sp³-hybridized carbons (Fsp3) is 0.400. The Kier molecular flexibility index (Phi) is 3.60. The Morgan fingerprint density at radius 1 is 1.38 bits per heavy atom. The predicted molar refractivity (Wildman–Crippen MR) is 85.1 cm³/mol. The molecule has 2 aromatic rings. The van der Waals surface area contributed by atoms with Gasteiger partial charge in [-0.25, -0.2) is 9.48 Å². The molecule has 2 aliphatic rings. The molecule has 9 nitrogen and oxygen atoms in total. The van der Waals surface area contributed by atoms with Gasteiger partial charge in [-0.2, -0.15) is 0 Å². The second kappa shape index (κ2) is 5.91. The zero-order chi connectivity index (χ0) is 16.5. The number of anilines is 1. The van der Waals surface area contributed by atoms with Crippen molar-refractivity contribution in [3.05, 3.63) is 24.3 Å². The van der Waals surface area contributed by atoms with Crippen LogP contribution in [0.2, 0.25) is 0 Å². The Morgan fingerprint density at radius 3 is 3.00 bits per heavy atom. The molecule has 0 unspecified atom stereocenters. The summed E-state index contributed by atoms with van der Waals surface area (Å²) in [6.07, 6.45) is 2.20. The number of nitrogens with one attached hydrogen (secondary N) is 2. The van der Waals surface area contributed by atoms with Gasteiger partial charge in [0.1, 0.15) is 0 Å². The second-order valence-corrected chi connectivity index (χ2v) is 5.89. The van der Waals surface area contributed by atoms with Crippen LogP contribution in [0.25, 0.3) is 11.4 Å². The van der Waals surface area contributed by atoms with Crippen LogP contribution in [0.1, 0.15) is 18.9 Å². The van der Waals surface area contributed by atoms with Crippen molar-refractivity contribution in [2.45, 2.75) is 18.9 Å². The average molecular weight is 327 g/mol. The van der Waals surface area contributed by atoms with Crippen LogP contribution in [0.15, 0.2) is 24.3 Å². The number of imide groups is 1. The number of hydrogen-bond acceptors (Lipinski definition) is 6. The van der Waals surface area contributed by atoms with Crippen molar-refractivity contribution in [2.75, 3.05) is 25.0 Å². The lowest BCUT2D eigenvalue weighted by Gasteiger charge is -2.13. The van der Waals surface area contributed by atoms with Crippen LogP contribution in [0, 0.1) is 0 Å². The lowest BCUT2D eigenvalue weighted by atomic mass is 10.2. The standard InChI is InChI=1S/C15H17N7O2/c23-13(21-7-6-16-15(21)24)9-17-11-3-1-2-10(8-11)14-18-19-20-22(14)12-4-5-12/h1-3,8,12,17H,4-7,9H2,(H,16,24). The minimum absolute atomic E-state index is 0.0600. The first kappa shape index (κ1) is 14.6. The minimum atomic E-state index is -0.334. The molecule has 0 spiro atoms. The summed E-state index contributed by atoms with van der Waals surface area (Å²) in [5, 5.41) is 17.6. The molecular formula is C15H17N7O2. The van der Waals surface area contributed by atoms with E-state index in [1.807, 2.05) is 28.9 Å². The molecule has 1 saturated carbocycles. The molecular weight excluding hydrogens is 310 g/mol. The van der Waals surface area contributed by atoms with Crippen LogP contribution in [0.4, 0.5) is 10.5 Å². The van der Waals surface area contributed by atoms with Gasteiger partial charge in [0, 0.05) is 24.3 Å². The molecule has 1 aliphatic carbocycles. The van der Waals surface area contributed by atoms with Crippen molar-refractivity contribution in [3.63, 3.8) is 0 Å². The van der Waals surface area contributed by atoms with E-state index in [1.54, 1.807) is 0 Å². The number of rotatable bonds is 5. The predicted octanol–water partition coefficient (Wildman–Crippen LogP) is 0.639. The highest BCUT2D eigenvalue weighted by molar-refractivity contribution is 5.97. The van der Waals surface area contributed by atoms with Crippen molar-refractivity contribution < 1.29 is 9.59 Å². The number of tetrazole rings is 1. The van der Waals surface area contributed by atoms with E-state index < -0.39 is 0 Å². The van der Waals surface area contributed by atoms with Gasteiger partial charge in [0.25, 0.3) is 0 Å². The molecule has 1 saturated heterocycles. The maximum absolute atomic E-state index is 12.1. The van der Waals surface area contributed by atoms with Crippen LogP contribution in [-0.4, -0.2) is 56.7 Å². The first-order valence-corrected chi connectivity index (χ1v) is 7.93. The first-order chi connectivity index (χ1) is 11.7. The molecule has 4 rings (SSSR count). The van der Waals surface area contributed by atoms with Crippen molar-refractivity contribution in [1.82, 2.24) is 30.4 Å². The molecule has 0 atom stereocenters. The van der Waals surface area contributed by atoms with Gasteiger partial charge in [-0.1, -0.05) is 12.1 Å². The van der Waals surface area contributed by atoms with E-state index in [1.165, 1.54) is 4.90 Å². The summed E-state index contributed by atoms with van der Waals surface area (Å²) in [7, 11) is 0. The van der Waals surface area contributed by atoms with Gasteiger partial charge in [0.15, 0.2) is 5.82 Å². The Balaban J connectivity index is 1.46. The molecule has 0 radical (unpaired) electrons. The normalized spacial score (nSPS) is 17.0. The molecule has 2 N–H and O–H groups in total. The molecule has 1 aromatic carbocycles. The Hall–Kier alpha value is -2.97. The summed E-state index contributed by atoms with van der Waals surface area (Å²) in [6.45, 7) is 0.976. The largest absolute Gasteiger partial charge is 0.376 e. The zero-order valence-electron chi connectivity index (χ0n) is 13.0. The second-order valence-electron chi connectivity index (χ2n) is 5.89. The summed E-state index contributed by atoms with van der Waals surface area (Å²) >= 11 is 0. The molecule has 0 bridgehead atoms. The van der Waals surface area contributed by atoms with Gasteiger partial charge >= 0.3 is 6.03 Å². The number of carbonyl (C=O) groups is 2. The maximum atomic E-state index is 12.1. The molecule has 3 amide bonds. The van der Waals surface area contributed by atoms with Gasteiger partial charge < -0.3 is 10.6 Å². The fourth-order valence-corrected chi connectivity index (χ4v) is 2.70. The lowest BCUT2D eigenvalue weighted by molar-refractivity contribution is -0.125. The third kappa shape index (κ3) is 2.80. The van der Waals surface area contributed by atoms with Crippen molar-refractivity contribution in [1.29, 1.82) is 0 Å². The molecule has 1 aliphatic heterocycles. The summed E-state index contributed by atoms with van der Waals surface area (Å²) in [5.41, 5.74) is 1.68. The summed E-state index contributed by atoms with van der Waals surface area (Å²) in [4.78, 5) is 24.8. The number of urea groups is 1. The highest BCUT2D eigenvalue weighted by atomic mass is 16.2. The highest BCUT2D eigenvalue weighted by Gasteiger charge is 2.28. The number of nitrogens with zero attached hydrogens (tertiary/aromatic N) is 5. The lowest BCUT2D eigenvalue weighted by Crippen LogP contribution is -2.37. The van der Waals surface area contributed by atoms with Crippen LogP contribution in [-0.2, 0) is 4.79 Å². The number of aromatic nitrogens is 4. The third-order valence-corrected chi connectivity index (χ3v) is 4.11. The number of benzene rings is 1.